The highest BCUT2D eigenvalue weighted by atomic mass is 79.9. The highest BCUT2D eigenvalue weighted by molar-refractivity contribution is 9.10. The molecule has 0 atom stereocenters. The van der Waals surface area contributed by atoms with Crippen LogP contribution in [0, 0.1) is 0 Å². The van der Waals surface area contributed by atoms with Crippen LogP contribution in [0.3, 0.4) is 0 Å². The fourth-order valence-electron chi connectivity index (χ4n) is 0.881. The van der Waals surface area contributed by atoms with Crippen LogP contribution in [-0.2, 0) is 19.7 Å². The molecule has 0 aliphatic carbocycles. The molecule has 1 rings (SSSR count). The van der Waals surface area contributed by atoms with Crippen molar-refractivity contribution in [3.63, 3.8) is 0 Å². The van der Waals surface area contributed by atoms with Crippen LogP contribution in [0.5, 0.6) is 0 Å². The topological polar surface area (TPSA) is 56.3 Å². The van der Waals surface area contributed by atoms with Crippen LogP contribution in [0.2, 0.25) is 0 Å². The zero-order chi connectivity index (χ0) is 11.7. The van der Waals surface area contributed by atoms with E-state index in [1.54, 1.807) is 0 Å². The van der Waals surface area contributed by atoms with E-state index in [4.69, 9.17) is 4.18 Å². The fraction of sp³-hybridized carbons (Fsp3) is 0.625. The lowest BCUT2D eigenvalue weighted by atomic mass is 9.96. The molecule has 86 valence electrons. The van der Waals surface area contributed by atoms with Crippen molar-refractivity contribution in [3.8, 4) is 0 Å². The molecule has 0 bridgehead atoms. The second-order valence-corrected chi connectivity index (χ2v) is 7.14. The van der Waals surface area contributed by atoms with Gasteiger partial charge in [-0.1, -0.05) is 13.8 Å². The molecular formula is C8H12BrNO3S2. The van der Waals surface area contributed by atoms with Crippen LogP contribution in [0.4, 0.5) is 0 Å². The van der Waals surface area contributed by atoms with Crippen molar-refractivity contribution in [1.82, 2.24) is 4.98 Å². The minimum absolute atomic E-state index is 0.103. The average Bonchev–Trinajstić information content (AvgIpc) is 2.48. The van der Waals surface area contributed by atoms with Crippen molar-refractivity contribution >= 4 is 37.4 Å². The predicted molar refractivity (Wildman–Crippen MR) is 63.6 cm³/mol. The Morgan fingerprint density at radius 1 is 1.60 bits per heavy atom. The quantitative estimate of drug-likeness (QED) is 0.799. The van der Waals surface area contributed by atoms with E-state index in [2.05, 4.69) is 20.9 Å². The Balaban J connectivity index is 2.76. The van der Waals surface area contributed by atoms with Crippen LogP contribution >= 0.6 is 27.3 Å². The summed E-state index contributed by atoms with van der Waals surface area (Å²) in [7, 11) is -3.39. The van der Waals surface area contributed by atoms with Gasteiger partial charge in [-0.15, -0.1) is 11.3 Å². The molecule has 0 unspecified atom stereocenters. The van der Waals surface area contributed by atoms with Gasteiger partial charge in [-0.3, -0.25) is 4.18 Å². The normalized spacial score (nSPS) is 13.1. The number of rotatable bonds is 4. The SMILES string of the molecule is CC(C)(COS(C)(=O)=O)c1nc(Br)cs1. The lowest BCUT2D eigenvalue weighted by Crippen LogP contribution is -2.25. The number of aromatic nitrogens is 1. The summed E-state index contributed by atoms with van der Waals surface area (Å²) in [5, 5.41) is 2.70. The fourth-order valence-corrected chi connectivity index (χ4v) is 2.76. The lowest BCUT2D eigenvalue weighted by molar-refractivity contribution is 0.247. The van der Waals surface area contributed by atoms with Gasteiger partial charge in [0.05, 0.1) is 12.9 Å². The Morgan fingerprint density at radius 3 is 2.60 bits per heavy atom. The molecule has 0 spiro atoms. The van der Waals surface area contributed by atoms with E-state index in [0.717, 1.165) is 15.9 Å². The average molecular weight is 314 g/mol. The predicted octanol–water partition coefficient (Wildman–Crippen LogP) is 2.16. The summed E-state index contributed by atoms with van der Waals surface area (Å²) < 4.78 is 27.3. The third-order valence-corrected chi connectivity index (χ3v) is 4.15. The van der Waals surface area contributed by atoms with Crippen LogP contribution in [-0.4, -0.2) is 26.3 Å². The molecule has 0 saturated heterocycles. The van der Waals surface area contributed by atoms with Crippen molar-refractivity contribution in [3.05, 3.63) is 15.0 Å². The van der Waals surface area contributed by atoms with E-state index in [0.29, 0.717) is 0 Å². The molecule has 1 heterocycles. The van der Waals surface area contributed by atoms with Gasteiger partial charge in [0.1, 0.15) is 9.61 Å². The van der Waals surface area contributed by atoms with Crippen LogP contribution < -0.4 is 0 Å². The Labute approximate surface area is 102 Å². The monoisotopic (exact) mass is 313 g/mol. The van der Waals surface area contributed by atoms with E-state index in [9.17, 15) is 8.42 Å². The summed E-state index contributed by atoms with van der Waals surface area (Å²) in [4.78, 5) is 4.24. The van der Waals surface area contributed by atoms with E-state index in [1.807, 2.05) is 19.2 Å². The van der Waals surface area contributed by atoms with E-state index >= 15 is 0 Å². The zero-order valence-corrected chi connectivity index (χ0v) is 11.9. The largest absolute Gasteiger partial charge is 0.269 e. The summed E-state index contributed by atoms with van der Waals surface area (Å²) in [5.74, 6) is 0. The molecule has 7 heteroatoms. The van der Waals surface area contributed by atoms with Crippen LogP contribution in [0.15, 0.2) is 9.98 Å². The Hall–Kier alpha value is 0.0200. The molecule has 0 aromatic carbocycles. The number of thiazole rings is 1. The zero-order valence-electron chi connectivity index (χ0n) is 8.65. The first-order chi connectivity index (χ1) is 6.71. The number of hydrogen-bond donors (Lipinski definition) is 0. The van der Waals surface area contributed by atoms with Gasteiger partial charge >= 0.3 is 0 Å². The summed E-state index contributed by atoms with van der Waals surface area (Å²) in [6, 6.07) is 0. The van der Waals surface area contributed by atoms with Gasteiger partial charge in [0.2, 0.25) is 0 Å². The van der Waals surface area contributed by atoms with Crippen molar-refractivity contribution in [2.75, 3.05) is 12.9 Å². The van der Waals surface area contributed by atoms with Crippen molar-refractivity contribution < 1.29 is 12.6 Å². The lowest BCUT2D eigenvalue weighted by Gasteiger charge is -2.20. The van der Waals surface area contributed by atoms with Gasteiger partial charge in [0, 0.05) is 10.8 Å². The Morgan fingerprint density at radius 2 is 2.20 bits per heavy atom. The molecule has 1 aromatic rings. The molecule has 0 radical (unpaired) electrons. The van der Waals surface area contributed by atoms with Gasteiger partial charge in [-0.05, 0) is 15.9 Å². The summed E-state index contributed by atoms with van der Waals surface area (Å²) >= 11 is 4.73. The highest BCUT2D eigenvalue weighted by Crippen LogP contribution is 2.28. The van der Waals surface area contributed by atoms with E-state index < -0.39 is 15.5 Å². The molecule has 15 heavy (non-hydrogen) atoms. The van der Waals surface area contributed by atoms with Crippen LogP contribution in [0.1, 0.15) is 18.9 Å². The smallest absolute Gasteiger partial charge is 0.264 e. The Bertz CT molecular complexity index is 438. The number of halogens is 1. The molecule has 0 amide bonds. The molecule has 0 aliphatic heterocycles. The van der Waals surface area contributed by atoms with Crippen molar-refractivity contribution in [2.24, 2.45) is 0 Å². The second kappa shape index (κ2) is 4.48. The minimum Gasteiger partial charge on any atom is -0.269 e. The van der Waals surface area contributed by atoms with Crippen molar-refractivity contribution in [1.29, 1.82) is 0 Å². The molecule has 0 aliphatic rings. The number of nitrogens with zero attached hydrogens (tertiary/aromatic N) is 1. The molecule has 1 aromatic heterocycles. The van der Waals surface area contributed by atoms with Crippen molar-refractivity contribution in [2.45, 2.75) is 19.3 Å². The minimum atomic E-state index is -3.39. The van der Waals surface area contributed by atoms with Gasteiger partial charge in [0.15, 0.2) is 0 Å². The third kappa shape index (κ3) is 4.18. The van der Waals surface area contributed by atoms with Gasteiger partial charge in [-0.2, -0.15) is 8.42 Å². The van der Waals surface area contributed by atoms with E-state index in [1.165, 1.54) is 11.3 Å². The summed E-state index contributed by atoms with van der Waals surface area (Å²) in [5.41, 5.74) is -0.403. The first kappa shape index (κ1) is 13.1. The first-order valence-electron chi connectivity index (χ1n) is 4.17. The standard InChI is InChI=1S/C8H12BrNO3S2/c1-8(2,5-13-15(3,11)12)7-10-6(9)4-14-7/h4H,5H2,1-3H3. The highest BCUT2D eigenvalue weighted by Gasteiger charge is 2.26. The third-order valence-electron chi connectivity index (χ3n) is 1.69. The van der Waals surface area contributed by atoms with Crippen LogP contribution in [0.25, 0.3) is 0 Å². The van der Waals surface area contributed by atoms with Gasteiger partial charge in [-0.25, -0.2) is 4.98 Å². The molecule has 4 nitrogen and oxygen atoms in total. The summed E-state index contributed by atoms with van der Waals surface area (Å²) in [6.07, 6.45) is 1.04. The maximum Gasteiger partial charge on any atom is 0.264 e. The maximum absolute atomic E-state index is 10.9. The second-order valence-electron chi connectivity index (χ2n) is 3.83. The molecule has 0 N–H and O–H groups in total. The molecule has 0 saturated carbocycles. The maximum atomic E-state index is 10.9. The first-order valence-corrected chi connectivity index (χ1v) is 7.65. The summed E-state index contributed by atoms with van der Waals surface area (Å²) in [6.45, 7) is 3.89. The van der Waals surface area contributed by atoms with Gasteiger partial charge < -0.3 is 0 Å². The van der Waals surface area contributed by atoms with Gasteiger partial charge in [0.25, 0.3) is 10.1 Å². The van der Waals surface area contributed by atoms with E-state index in [-0.39, 0.29) is 6.61 Å². The number of hydrogen-bond acceptors (Lipinski definition) is 5. The molecule has 0 fully saturated rings. The Kier molecular flexibility index (Phi) is 3.91. The molecular weight excluding hydrogens is 302 g/mol.